The van der Waals surface area contributed by atoms with Crippen LogP contribution >= 0.6 is 11.3 Å². The van der Waals surface area contributed by atoms with Crippen LogP contribution < -0.4 is 5.32 Å². The summed E-state index contributed by atoms with van der Waals surface area (Å²) in [5.41, 5.74) is 1.08. The van der Waals surface area contributed by atoms with Gasteiger partial charge < -0.3 is 19.9 Å². The van der Waals surface area contributed by atoms with E-state index in [0.717, 1.165) is 55.6 Å². The molecule has 1 atom stereocenters. The van der Waals surface area contributed by atoms with E-state index in [1.165, 1.54) is 11.3 Å². The molecule has 1 saturated carbocycles. The fraction of sp³-hybridized carbons (Fsp3) is 0.556. The second-order valence-corrected chi connectivity index (χ2v) is 10.9. The van der Waals surface area contributed by atoms with Gasteiger partial charge in [0, 0.05) is 35.5 Å². The zero-order valence-electron chi connectivity index (χ0n) is 20.2. The van der Waals surface area contributed by atoms with Crippen LogP contribution in [0.3, 0.4) is 0 Å². The maximum absolute atomic E-state index is 13.6. The van der Waals surface area contributed by atoms with Gasteiger partial charge in [-0.2, -0.15) is 0 Å². The molecule has 34 heavy (non-hydrogen) atoms. The summed E-state index contributed by atoms with van der Waals surface area (Å²) in [5.74, 6) is -0.0355. The number of benzene rings is 1. The first-order chi connectivity index (χ1) is 16.6. The molecule has 2 fully saturated rings. The molecule has 0 bridgehead atoms. The lowest BCUT2D eigenvalue weighted by molar-refractivity contribution is -0.133. The van der Waals surface area contributed by atoms with Crippen molar-refractivity contribution in [1.82, 2.24) is 15.1 Å². The first-order valence-corrected chi connectivity index (χ1v) is 13.4. The van der Waals surface area contributed by atoms with E-state index < -0.39 is 0 Å². The molecule has 6 nitrogen and oxygen atoms in total. The molecule has 0 radical (unpaired) electrons. The lowest BCUT2D eigenvalue weighted by Crippen LogP contribution is -2.51. The van der Waals surface area contributed by atoms with Crippen molar-refractivity contribution < 1.29 is 14.3 Å². The molecule has 0 spiro atoms. The van der Waals surface area contributed by atoms with Crippen molar-refractivity contribution in [3.63, 3.8) is 0 Å². The molecule has 2 heterocycles. The normalized spacial score (nSPS) is 18.6. The van der Waals surface area contributed by atoms with Crippen LogP contribution in [0.15, 0.2) is 42.5 Å². The molecule has 1 aliphatic carbocycles. The van der Waals surface area contributed by atoms with Gasteiger partial charge in [0.15, 0.2) is 0 Å². The summed E-state index contributed by atoms with van der Waals surface area (Å²) in [6.07, 6.45) is 7.53. The summed E-state index contributed by atoms with van der Waals surface area (Å²) < 4.78 is 5.81. The van der Waals surface area contributed by atoms with Gasteiger partial charge >= 0.3 is 6.03 Å². The highest BCUT2D eigenvalue weighted by atomic mass is 32.1. The number of urea groups is 1. The van der Waals surface area contributed by atoms with Gasteiger partial charge in [-0.05, 0) is 50.3 Å². The van der Waals surface area contributed by atoms with Gasteiger partial charge in [0.1, 0.15) is 6.54 Å². The Morgan fingerprint density at radius 2 is 1.76 bits per heavy atom. The number of hydrogen-bond donors (Lipinski definition) is 1. The third kappa shape index (κ3) is 7.31. The van der Waals surface area contributed by atoms with E-state index in [9.17, 15) is 9.59 Å². The Hall–Kier alpha value is -2.38. The summed E-state index contributed by atoms with van der Waals surface area (Å²) in [7, 11) is 0. The molecule has 1 saturated heterocycles. The molecule has 2 aromatic rings. The molecule has 3 amide bonds. The summed E-state index contributed by atoms with van der Waals surface area (Å²) in [4.78, 5) is 32.8. The summed E-state index contributed by atoms with van der Waals surface area (Å²) in [6.45, 7) is 4.40. The van der Waals surface area contributed by atoms with Crippen LogP contribution in [0.2, 0.25) is 0 Å². The van der Waals surface area contributed by atoms with E-state index in [2.05, 4.69) is 24.4 Å². The number of carbonyl (C=O) groups is 2. The number of carbonyl (C=O) groups excluding carboxylic acids is 2. The van der Waals surface area contributed by atoms with Crippen LogP contribution in [0, 0.1) is 6.92 Å². The minimum absolute atomic E-state index is 0.00687. The molecule has 1 N–H and O–H groups in total. The van der Waals surface area contributed by atoms with Crippen molar-refractivity contribution >= 4 is 23.3 Å². The van der Waals surface area contributed by atoms with Crippen LogP contribution in [-0.4, -0.2) is 53.6 Å². The maximum atomic E-state index is 13.6. The fourth-order valence-electron chi connectivity index (χ4n) is 4.82. The number of nitrogens with one attached hydrogen (secondary N) is 1. The second-order valence-electron chi connectivity index (χ2n) is 9.55. The summed E-state index contributed by atoms with van der Waals surface area (Å²) in [6, 6.07) is 14.3. The van der Waals surface area contributed by atoms with Crippen molar-refractivity contribution in [2.75, 3.05) is 19.7 Å². The highest BCUT2D eigenvalue weighted by molar-refractivity contribution is 7.11. The average molecular weight is 484 g/mol. The van der Waals surface area contributed by atoms with Gasteiger partial charge in [-0.15, -0.1) is 11.3 Å². The molecule has 1 unspecified atom stereocenters. The Morgan fingerprint density at radius 3 is 2.44 bits per heavy atom. The van der Waals surface area contributed by atoms with Crippen LogP contribution in [-0.2, 0) is 22.6 Å². The number of ether oxygens (including phenoxy) is 1. The third-order valence-corrected chi connectivity index (χ3v) is 7.69. The van der Waals surface area contributed by atoms with Gasteiger partial charge in [-0.1, -0.05) is 49.6 Å². The van der Waals surface area contributed by atoms with Crippen molar-refractivity contribution in [3.8, 4) is 0 Å². The number of rotatable bonds is 9. The number of nitrogens with zero attached hydrogens (tertiary/aromatic N) is 2. The van der Waals surface area contributed by atoms with Gasteiger partial charge in [-0.25, -0.2) is 4.79 Å². The lowest BCUT2D eigenvalue weighted by Gasteiger charge is -2.31. The number of amides is 3. The van der Waals surface area contributed by atoms with E-state index in [0.29, 0.717) is 19.6 Å². The molecule has 184 valence electrons. The number of aryl methyl sites for hydroxylation is 1. The highest BCUT2D eigenvalue weighted by Gasteiger charge is 2.28. The van der Waals surface area contributed by atoms with E-state index in [1.54, 1.807) is 16.2 Å². The standard InChI is InChI=1S/C27H37N3O3S/c1-21-14-15-25(34-21)19-29(17-22-9-4-2-5-10-22)26(31)20-30(18-24-13-8-16-33-24)27(32)28-23-11-6-3-7-12-23/h2,4-5,9-10,14-15,23-24H,3,6-8,11-13,16-20H2,1H3,(H,28,32). The van der Waals surface area contributed by atoms with Gasteiger partial charge in [0.2, 0.25) is 5.91 Å². The van der Waals surface area contributed by atoms with Crippen molar-refractivity contribution in [2.45, 2.75) is 77.1 Å². The SMILES string of the molecule is Cc1ccc(CN(Cc2ccccc2)C(=O)CN(CC2CCCO2)C(=O)NC2CCCCC2)s1. The average Bonchev–Trinajstić information content (AvgIpc) is 3.51. The topological polar surface area (TPSA) is 61.9 Å². The Morgan fingerprint density at radius 1 is 0.971 bits per heavy atom. The van der Waals surface area contributed by atoms with Crippen molar-refractivity contribution in [1.29, 1.82) is 0 Å². The molecular formula is C27H37N3O3S. The monoisotopic (exact) mass is 483 g/mol. The maximum Gasteiger partial charge on any atom is 0.318 e. The van der Waals surface area contributed by atoms with E-state index in [-0.39, 0.29) is 30.6 Å². The molecule has 7 heteroatoms. The minimum atomic E-state index is -0.137. The van der Waals surface area contributed by atoms with Crippen LogP contribution in [0.1, 0.15) is 60.3 Å². The molecular weight excluding hydrogens is 446 g/mol. The first-order valence-electron chi connectivity index (χ1n) is 12.6. The quantitative estimate of drug-likeness (QED) is 0.539. The summed E-state index contributed by atoms with van der Waals surface area (Å²) >= 11 is 1.71. The highest BCUT2D eigenvalue weighted by Crippen LogP contribution is 2.21. The van der Waals surface area contributed by atoms with E-state index in [1.807, 2.05) is 35.2 Å². The third-order valence-electron chi connectivity index (χ3n) is 6.71. The molecule has 1 aliphatic heterocycles. The zero-order chi connectivity index (χ0) is 23.8. The fourth-order valence-corrected chi connectivity index (χ4v) is 5.73. The zero-order valence-corrected chi connectivity index (χ0v) is 21.0. The van der Waals surface area contributed by atoms with Crippen LogP contribution in [0.25, 0.3) is 0 Å². The van der Waals surface area contributed by atoms with Crippen LogP contribution in [0.4, 0.5) is 4.79 Å². The molecule has 1 aromatic heterocycles. The Labute approximate surface area is 207 Å². The Bertz CT molecular complexity index is 920. The largest absolute Gasteiger partial charge is 0.376 e. The molecule has 1 aromatic carbocycles. The Balaban J connectivity index is 1.47. The molecule has 4 rings (SSSR count). The second kappa shape index (κ2) is 12.4. The summed E-state index contributed by atoms with van der Waals surface area (Å²) in [5, 5.41) is 3.20. The van der Waals surface area contributed by atoms with Crippen molar-refractivity contribution in [3.05, 3.63) is 57.8 Å². The predicted molar refractivity (Wildman–Crippen MR) is 136 cm³/mol. The first kappa shape index (κ1) is 24.7. The van der Waals surface area contributed by atoms with Crippen LogP contribution in [0.5, 0.6) is 0 Å². The van der Waals surface area contributed by atoms with E-state index in [4.69, 9.17) is 4.74 Å². The van der Waals surface area contributed by atoms with Gasteiger partial charge in [0.25, 0.3) is 0 Å². The smallest absolute Gasteiger partial charge is 0.318 e. The Kier molecular flexibility index (Phi) is 8.99. The number of thiophene rings is 1. The molecule has 2 aliphatic rings. The van der Waals surface area contributed by atoms with Gasteiger partial charge in [0.05, 0.1) is 12.6 Å². The van der Waals surface area contributed by atoms with E-state index >= 15 is 0 Å². The van der Waals surface area contributed by atoms with Crippen molar-refractivity contribution in [2.24, 2.45) is 0 Å². The minimum Gasteiger partial charge on any atom is -0.376 e. The predicted octanol–water partition coefficient (Wildman–Crippen LogP) is 5.11. The number of hydrogen-bond acceptors (Lipinski definition) is 4. The lowest BCUT2D eigenvalue weighted by atomic mass is 9.96. The van der Waals surface area contributed by atoms with Gasteiger partial charge in [-0.3, -0.25) is 4.79 Å².